The van der Waals surface area contributed by atoms with E-state index in [1.165, 1.54) is 0 Å². The number of amides is 1. The van der Waals surface area contributed by atoms with Crippen LogP contribution in [0.5, 0.6) is 0 Å². The number of carbonyl (C=O) groups excluding carboxylic acids is 1. The second kappa shape index (κ2) is 4.66. The maximum absolute atomic E-state index is 12.5. The van der Waals surface area contributed by atoms with Crippen molar-refractivity contribution >= 4 is 28.1 Å². The van der Waals surface area contributed by atoms with Gasteiger partial charge >= 0.3 is 0 Å². The van der Waals surface area contributed by atoms with E-state index in [-0.39, 0.29) is 5.91 Å². The Hall–Kier alpha value is -3.22. The van der Waals surface area contributed by atoms with Crippen LogP contribution in [0.25, 0.3) is 16.6 Å². The molecule has 0 radical (unpaired) electrons. The second-order valence-electron chi connectivity index (χ2n) is 4.95. The lowest BCUT2D eigenvalue weighted by molar-refractivity contribution is 0.102. The van der Waals surface area contributed by atoms with E-state index in [1.54, 1.807) is 45.9 Å². The Morgan fingerprint density at radius 1 is 1.18 bits per heavy atom. The number of fused-ring (bicyclic) bond motifs is 2. The Labute approximate surface area is 125 Å². The van der Waals surface area contributed by atoms with Gasteiger partial charge in [-0.1, -0.05) is 5.21 Å². The maximum atomic E-state index is 12.5. The predicted molar refractivity (Wildman–Crippen MR) is 81.7 cm³/mol. The molecule has 0 aliphatic carbocycles. The number of aryl methyl sites for hydroxylation is 1. The van der Waals surface area contributed by atoms with E-state index in [0.717, 1.165) is 16.6 Å². The molecule has 22 heavy (non-hydrogen) atoms. The van der Waals surface area contributed by atoms with Crippen molar-refractivity contribution < 1.29 is 4.79 Å². The Balaban J connectivity index is 1.69. The van der Waals surface area contributed by atoms with Gasteiger partial charge in [-0.05, 0) is 36.4 Å². The Morgan fingerprint density at radius 3 is 3.00 bits per heavy atom. The molecule has 7 heteroatoms. The molecule has 0 saturated heterocycles. The number of pyridine rings is 1. The van der Waals surface area contributed by atoms with E-state index in [2.05, 4.69) is 20.7 Å². The van der Waals surface area contributed by atoms with Gasteiger partial charge in [-0.15, -0.1) is 5.10 Å². The van der Waals surface area contributed by atoms with E-state index < -0.39 is 0 Å². The third-order valence-corrected chi connectivity index (χ3v) is 3.55. The smallest absolute Gasteiger partial charge is 0.257 e. The van der Waals surface area contributed by atoms with Crippen molar-refractivity contribution in [1.29, 1.82) is 0 Å². The molecule has 0 aliphatic rings. The lowest BCUT2D eigenvalue weighted by atomic mass is 10.2. The maximum Gasteiger partial charge on any atom is 0.257 e. The topological polar surface area (TPSA) is 77.1 Å². The fourth-order valence-electron chi connectivity index (χ4n) is 2.46. The van der Waals surface area contributed by atoms with Gasteiger partial charge in [-0.2, -0.15) is 5.10 Å². The number of rotatable bonds is 2. The quantitative estimate of drug-likeness (QED) is 0.612. The van der Waals surface area contributed by atoms with Gasteiger partial charge in [0, 0.05) is 18.9 Å². The lowest BCUT2D eigenvalue weighted by Crippen LogP contribution is -2.13. The van der Waals surface area contributed by atoms with Crippen LogP contribution in [-0.2, 0) is 7.05 Å². The molecule has 0 atom stereocenters. The number of nitrogens with one attached hydrogen (secondary N) is 1. The van der Waals surface area contributed by atoms with Crippen LogP contribution in [-0.4, -0.2) is 30.5 Å². The molecule has 1 N–H and O–H groups in total. The number of anilines is 1. The van der Waals surface area contributed by atoms with Crippen molar-refractivity contribution in [2.75, 3.05) is 5.32 Å². The molecular formula is C15H12N6O. The van der Waals surface area contributed by atoms with Crippen LogP contribution in [0, 0.1) is 0 Å². The van der Waals surface area contributed by atoms with Crippen molar-refractivity contribution in [2.45, 2.75) is 0 Å². The average Bonchev–Trinajstić information content (AvgIpc) is 3.13. The van der Waals surface area contributed by atoms with E-state index in [0.29, 0.717) is 11.3 Å². The van der Waals surface area contributed by atoms with Crippen molar-refractivity contribution in [3.63, 3.8) is 0 Å². The average molecular weight is 292 g/mol. The molecule has 1 amide bonds. The summed E-state index contributed by atoms with van der Waals surface area (Å²) in [5.74, 6) is -0.186. The van der Waals surface area contributed by atoms with Crippen LogP contribution in [0.4, 0.5) is 5.69 Å². The number of hydrogen-bond donors (Lipinski definition) is 1. The fourth-order valence-corrected chi connectivity index (χ4v) is 2.46. The van der Waals surface area contributed by atoms with E-state index in [4.69, 9.17) is 0 Å². The molecular weight excluding hydrogens is 280 g/mol. The first-order valence-corrected chi connectivity index (χ1v) is 6.75. The minimum atomic E-state index is -0.186. The first kappa shape index (κ1) is 12.5. The molecule has 0 bridgehead atoms. The SMILES string of the molecule is Cn1nnc2cc(NC(=O)c3cccn4nccc34)ccc21. The molecule has 0 spiro atoms. The molecule has 4 rings (SSSR count). The van der Waals surface area contributed by atoms with Crippen molar-refractivity contribution in [3.05, 3.63) is 54.4 Å². The van der Waals surface area contributed by atoms with Crippen LogP contribution in [0.2, 0.25) is 0 Å². The van der Waals surface area contributed by atoms with E-state index in [1.807, 2.05) is 19.2 Å². The lowest BCUT2D eigenvalue weighted by Gasteiger charge is -2.06. The summed E-state index contributed by atoms with van der Waals surface area (Å²) < 4.78 is 3.36. The summed E-state index contributed by atoms with van der Waals surface area (Å²) in [6.07, 6.45) is 3.47. The van der Waals surface area contributed by atoms with Crippen LogP contribution in [0.15, 0.2) is 48.8 Å². The van der Waals surface area contributed by atoms with Crippen molar-refractivity contribution in [1.82, 2.24) is 24.6 Å². The van der Waals surface area contributed by atoms with Crippen LogP contribution in [0.1, 0.15) is 10.4 Å². The highest BCUT2D eigenvalue weighted by atomic mass is 16.1. The van der Waals surface area contributed by atoms with Gasteiger partial charge in [0.15, 0.2) is 0 Å². The zero-order valence-electron chi connectivity index (χ0n) is 11.8. The molecule has 3 aromatic heterocycles. The number of benzene rings is 1. The molecule has 108 valence electrons. The Bertz CT molecular complexity index is 1000. The van der Waals surface area contributed by atoms with E-state index in [9.17, 15) is 4.79 Å². The van der Waals surface area contributed by atoms with Gasteiger partial charge in [0.25, 0.3) is 5.91 Å². The summed E-state index contributed by atoms with van der Waals surface area (Å²) in [6, 6.07) is 10.9. The highest BCUT2D eigenvalue weighted by Crippen LogP contribution is 2.18. The Morgan fingerprint density at radius 2 is 2.09 bits per heavy atom. The molecule has 4 aromatic rings. The van der Waals surface area contributed by atoms with Crippen LogP contribution >= 0.6 is 0 Å². The highest BCUT2D eigenvalue weighted by Gasteiger charge is 2.12. The van der Waals surface area contributed by atoms with Crippen molar-refractivity contribution in [3.8, 4) is 0 Å². The van der Waals surface area contributed by atoms with Gasteiger partial charge in [0.2, 0.25) is 0 Å². The molecule has 0 saturated carbocycles. The molecule has 1 aromatic carbocycles. The molecule has 0 aliphatic heterocycles. The first-order chi connectivity index (χ1) is 10.7. The van der Waals surface area contributed by atoms with Gasteiger partial charge in [-0.25, -0.2) is 9.20 Å². The summed E-state index contributed by atoms with van der Waals surface area (Å²) in [5.41, 5.74) is 3.66. The third-order valence-electron chi connectivity index (χ3n) is 3.55. The summed E-state index contributed by atoms with van der Waals surface area (Å²) >= 11 is 0. The van der Waals surface area contributed by atoms with Crippen LogP contribution < -0.4 is 5.32 Å². The predicted octanol–water partition coefficient (Wildman–Crippen LogP) is 1.87. The van der Waals surface area contributed by atoms with Crippen LogP contribution in [0.3, 0.4) is 0 Å². The zero-order valence-corrected chi connectivity index (χ0v) is 11.8. The highest BCUT2D eigenvalue weighted by molar-refractivity contribution is 6.09. The number of carbonyl (C=O) groups is 1. The molecule has 0 fully saturated rings. The number of aromatic nitrogens is 5. The minimum Gasteiger partial charge on any atom is -0.322 e. The standard InChI is InChI=1S/C15H12N6O/c1-20-14-5-4-10(9-12(14)18-19-20)17-15(22)11-3-2-8-21-13(11)6-7-16-21/h2-9H,1H3,(H,17,22). The summed E-state index contributed by atoms with van der Waals surface area (Å²) in [6.45, 7) is 0. The largest absolute Gasteiger partial charge is 0.322 e. The Kier molecular flexibility index (Phi) is 2.65. The summed E-state index contributed by atoms with van der Waals surface area (Å²) in [5, 5.41) is 15.0. The van der Waals surface area contributed by atoms with E-state index >= 15 is 0 Å². The fraction of sp³-hybridized carbons (Fsp3) is 0.0667. The summed E-state index contributed by atoms with van der Waals surface area (Å²) in [4.78, 5) is 12.5. The van der Waals surface area contributed by atoms with Crippen molar-refractivity contribution in [2.24, 2.45) is 7.05 Å². The number of nitrogens with zero attached hydrogens (tertiary/aromatic N) is 5. The van der Waals surface area contributed by atoms with Gasteiger partial charge in [0.1, 0.15) is 5.52 Å². The number of hydrogen-bond acceptors (Lipinski definition) is 4. The van der Waals surface area contributed by atoms with Gasteiger partial charge < -0.3 is 5.32 Å². The third kappa shape index (κ3) is 1.91. The van der Waals surface area contributed by atoms with Gasteiger partial charge in [-0.3, -0.25) is 4.79 Å². The molecule has 3 heterocycles. The first-order valence-electron chi connectivity index (χ1n) is 6.75. The zero-order chi connectivity index (χ0) is 15.1. The minimum absolute atomic E-state index is 0.186. The second-order valence-corrected chi connectivity index (χ2v) is 4.95. The summed E-state index contributed by atoms with van der Waals surface area (Å²) in [7, 11) is 1.83. The van der Waals surface area contributed by atoms with Gasteiger partial charge in [0.05, 0.1) is 22.8 Å². The molecule has 7 nitrogen and oxygen atoms in total. The monoisotopic (exact) mass is 292 g/mol. The molecule has 0 unspecified atom stereocenters. The normalized spacial score (nSPS) is 11.1.